The number of ether oxygens (including phenoxy) is 1. The van der Waals surface area contributed by atoms with Crippen LogP contribution in [0.15, 0.2) is 72.8 Å². The highest BCUT2D eigenvalue weighted by molar-refractivity contribution is 6.23. The zero-order valence-electron chi connectivity index (χ0n) is 18.0. The van der Waals surface area contributed by atoms with Gasteiger partial charge in [-0.3, -0.25) is 24.5 Å². The Kier molecular flexibility index (Phi) is 4.08. The Hall–Kier alpha value is -4.33. The molecule has 3 aromatic rings. The Balaban J connectivity index is 1.59. The first kappa shape index (κ1) is 20.3. The summed E-state index contributed by atoms with van der Waals surface area (Å²) in [4.78, 5) is 52.7. The third kappa shape index (κ3) is 2.34. The van der Waals surface area contributed by atoms with Crippen LogP contribution in [0, 0.1) is 22.0 Å². The fourth-order valence-electron chi connectivity index (χ4n) is 6.15. The molecule has 1 saturated heterocycles. The second-order valence-electron chi connectivity index (χ2n) is 8.78. The summed E-state index contributed by atoms with van der Waals surface area (Å²) in [5.74, 6) is -4.06. The standard InChI is InChI=1S/C26H18N2O6/c1-14(29)34-16-8-6-7-15(13-16)27-24(30)22-21-17-9-2-4-11-19(17)26(28(32)33,23(22)25(27)31)20-12-5-3-10-18(20)21/h2-13,21-23H,1H3/t21?,22-,23+,26?/m1/s1. The van der Waals surface area contributed by atoms with Crippen molar-refractivity contribution >= 4 is 23.5 Å². The van der Waals surface area contributed by atoms with Crippen LogP contribution in [0.3, 0.4) is 0 Å². The predicted octanol–water partition coefficient (Wildman–Crippen LogP) is 3.40. The number of hydrogen-bond acceptors (Lipinski definition) is 6. The van der Waals surface area contributed by atoms with Gasteiger partial charge in [0.05, 0.1) is 11.6 Å². The monoisotopic (exact) mass is 454 g/mol. The van der Waals surface area contributed by atoms with Gasteiger partial charge < -0.3 is 4.74 Å². The Morgan fingerprint density at radius 1 is 0.941 bits per heavy atom. The number of nitro groups is 1. The summed E-state index contributed by atoms with van der Waals surface area (Å²) in [6.07, 6.45) is 0. The van der Waals surface area contributed by atoms with Gasteiger partial charge in [0.1, 0.15) is 11.7 Å². The molecule has 1 heterocycles. The maximum Gasteiger partial charge on any atom is 0.308 e. The molecule has 2 amide bonds. The minimum Gasteiger partial charge on any atom is -0.427 e. The van der Waals surface area contributed by atoms with Crippen molar-refractivity contribution in [2.75, 3.05) is 4.90 Å². The van der Waals surface area contributed by atoms with Gasteiger partial charge in [-0.2, -0.15) is 0 Å². The van der Waals surface area contributed by atoms with Crippen molar-refractivity contribution in [3.05, 3.63) is 105 Å². The number of benzene rings is 3. The van der Waals surface area contributed by atoms with Crippen molar-refractivity contribution in [3.63, 3.8) is 0 Å². The second kappa shape index (κ2) is 6.84. The molecule has 34 heavy (non-hydrogen) atoms. The number of anilines is 1. The van der Waals surface area contributed by atoms with E-state index in [2.05, 4.69) is 0 Å². The van der Waals surface area contributed by atoms with E-state index in [0.29, 0.717) is 22.3 Å². The highest BCUT2D eigenvalue weighted by Gasteiger charge is 2.74. The van der Waals surface area contributed by atoms with Crippen LogP contribution in [-0.2, 0) is 19.9 Å². The highest BCUT2D eigenvalue weighted by atomic mass is 16.6. The van der Waals surface area contributed by atoms with Gasteiger partial charge in [0.2, 0.25) is 11.8 Å². The molecule has 168 valence electrons. The molecule has 8 heteroatoms. The van der Waals surface area contributed by atoms with Crippen molar-refractivity contribution in [1.29, 1.82) is 0 Å². The Morgan fingerprint density at radius 3 is 2.15 bits per heavy atom. The quantitative estimate of drug-likeness (QED) is 0.197. The molecule has 2 bridgehead atoms. The van der Waals surface area contributed by atoms with Gasteiger partial charge >= 0.3 is 5.97 Å². The van der Waals surface area contributed by atoms with E-state index in [1.807, 2.05) is 12.1 Å². The minimum atomic E-state index is -1.87. The summed E-state index contributed by atoms with van der Waals surface area (Å²) in [5, 5.41) is 12.9. The summed E-state index contributed by atoms with van der Waals surface area (Å²) in [6, 6.07) is 20.1. The van der Waals surface area contributed by atoms with E-state index in [4.69, 9.17) is 4.74 Å². The first-order valence-electron chi connectivity index (χ1n) is 10.9. The third-order valence-electron chi connectivity index (χ3n) is 7.20. The van der Waals surface area contributed by atoms with Crippen molar-refractivity contribution in [3.8, 4) is 5.75 Å². The molecular formula is C26H18N2O6. The van der Waals surface area contributed by atoms with Gasteiger partial charge in [0.25, 0.3) is 5.54 Å². The van der Waals surface area contributed by atoms with E-state index < -0.39 is 46.0 Å². The Labute approximate surface area is 193 Å². The summed E-state index contributed by atoms with van der Waals surface area (Å²) < 4.78 is 5.12. The largest absolute Gasteiger partial charge is 0.427 e. The summed E-state index contributed by atoms with van der Waals surface area (Å²) in [7, 11) is 0. The third-order valence-corrected chi connectivity index (χ3v) is 7.20. The number of esters is 1. The number of carbonyl (C=O) groups is 3. The van der Waals surface area contributed by atoms with E-state index in [1.54, 1.807) is 48.5 Å². The van der Waals surface area contributed by atoms with Gasteiger partial charge in [0, 0.05) is 35.0 Å². The maximum absolute atomic E-state index is 13.9. The summed E-state index contributed by atoms with van der Waals surface area (Å²) in [5.41, 5.74) is 0.672. The number of imide groups is 1. The lowest BCUT2D eigenvalue weighted by Crippen LogP contribution is -2.57. The number of hydrogen-bond donors (Lipinski definition) is 0. The van der Waals surface area contributed by atoms with Gasteiger partial charge in [0.15, 0.2) is 0 Å². The number of amides is 2. The molecule has 1 aliphatic heterocycles. The molecule has 7 rings (SSSR count). The smallest absolute Gasteiger partial charge is 0.308 e. The van der Waals surface area contributed by atoms with Crippen molar-refractivity contribution in [2.45, 2.75) is 18.4 Å². The molecule has 0 spiro atoms. The van der Waals surface area contributed by atoms with Crippen molar-refractivity contribution in [1.82, 2.24) is 0 Å². The van der Waals surface area contributed by atoms with Crippen LogP contribution in [0.2, 0.25) is 0 Å². The molecule has 4 aliphatic rings. The van der Waals surface area contributed by atoms with Gasteiger partial charge in [-0.1, -0.05) is 54.6 Å². The Morgan fingerprint density at radius 2 is 1.56 bits per heavy atom. The van der Waals surface area contributed by atoms with Crippen LogP contribution in [0.25, 0.3) is 0 Å². The van der Waals surface area contributed by atoms with E-state index in [9.17, 15) is 24.5 Å². The lowest BCUT2D eigenvalue weighted by Gasteiger charge is -2.48. The van der Waals surface area contributed by atoms with E-state index >= 15 is 0 Å². The number of rotatable bonds is 3. The van der Waals surface area contributed by atoms with Crippen LogP contribution >= 0.6 is 0 Å². The van der Waals surface area contributed by atoms with Crippen molar-refractivity contribution in [2.24, 2.45) is 11.8 Å². The first-order chi connectivity index (χ1) is 16.4. The summed E-state index contributed by atoms with van der Waals surface area (Å²) in [6.45, 7) is 1.25. The zero-order valence-corrected chi connectivity index (χ0v) is 18.0. The van der Waals surface area contributed by atoms with Gasteiger partial charge in [-0.25, -0.2) is 4.90 Å². The number of carbonyl (C=O) groups excluding carboxylic acids is 3. The fraction of sp³-hybridized carbons (Fsp3) is 0.192. The molecule has 0 radical (unpaired) electrons. The molecule has 0 N–H and O–H groups in total. The normalized spacial score (nSPS) is 26.0. The lowest BCUT2D eigenvalue weighted by molar-refractivity contribution is -0.578. The minimum absolute atomic E-state index is 0.180. The average molecular weight is 454 g/mol. The number of nitrogens with zero attached hydrogens (tertiary/aromatic N) is 2. The highest BCUT2D eigenvalue weighted by Crippen LogP contribution is 2.64. The zero-order chi connectivity index (χ0) is 23.8. The Bertz CT molecular complexity index is 1380. The van der Waals surface area contributed by atoms with Gasteiger partial charge in [-0.15, -0.1) is 0 Å². The first-order valence-corrected chi connectivity index (χ1v) is 10.9. The van der Waals surface area contributed by atoms with Crippen LogP contribution in [0.5, 0.6) is 5.75 Å². The fourth-order valence-corrected chi connectivity index (χ4v) is 6.15. The molecule has 3 aliphatic carbocycles. The second-order valence-corrected chi connectivity index (χ2v) is 8.78. The van der Waals surface area contributed by atoms with Crippen molar-refractivity contribution < 1.29 is 24.0 Å². The average Bonchev–Trinajstić information content (AvgIpc) is 3.09. The van der Waals surface area contributed by atoms with E-state index in [-0.39, 0.29) is 11.4 Å². The van der Waals surface area contributed by atoms with E-state index in [0.717, 1.165) is 4.90 Å². The molecule has 0 unspecified atom stereocenters. The lowest BCUT2D eigenvalue weighted by atomic mass is 9.51. The molecule has 3 aromatic carbocycles. The summed E-state index contributed by atoms with van der Waals surface area (Å²) >= 11 is 0. The van der Waals surface area contributed by atoms with E-state index in [1.165, 1.54) is 19.1 Å². The topological polar surface area (TPSA) is 107 Å². The van der Waals surface area contributed by atoms with Crippen LogP contribution in [-0.4, -0.2) is 22.7 Å². The van der Waals surface area contributed by atoms with Crippen LogP contribution in [0.1, 0.15) is 35.1 Å². The van der Waals surface area contributed by atoms with Gasteiger partial charge in [-0.05, 0) is 23.3 Å². The van der Waals surface area contributed by atoms with Crippen LogP contribution in [0.4, 0.5) is 5.69 Å². The molecule has 1 fully saturated rings. The maximum atomic E-state index is 13.9. The van der Waals surface area contributed by atoms with Crippen LogP contribution < -0.4 is 9.64 Å². The SMILES string of the molecule is CC(=O)Oc1cccc(N2C(=O)[C@@H]3C4c5ccccc5C([N+](=O)[O-])(c5ccccc54)[C@@H]3C2=O)c1. The molecular weight excluding hydrogens is 436 g/mol. The molecule has 0 saturated carbocycles. The molecule has 8 nitrogen and oxygen atoms in total. The predicted molar refractivity (Wildman–Crippen MR) is 120 cm³/mol. The molecule has 2 atom stereocenters. The molecule has 0 aromatic heterocycles.